The maximum absolute atomic E-state index is 13.2. The Bertz CT molecular complexity index is 1250. The minimum absolute atomic E-state index is 0.193. The van der Waals surface area contributed by atoms with E-state index in [1.165, 1.54) is 11.3 Å². The zero-order valence-electron chi connectivity index (χ0n) is 20.4. The summed E-state index contributed by atoms with van der Waals surface area (Å²) >= 11 is 0.328. The average molecular weight is 510 g/mol. The summed E-state index contributed by atoms with van der Waals surface area (Å²) in [5, 5.41) is 1.06. The number of benzene rings is 1. The van der Waals surface area contributed by atoms with E-state index in [0.29, 0.717) is 12.3 Å². The summed E-state index contributed by atoms with van der Waals surface area (Å²) in [7, 11) is 3.95. The van der Waals surface area contributed by atoms with Crippen molar-refractivity contribution in [3.8, 4) is 11.1 Å². The number of anilines is 1. The standard InChI is InChI=1S/C26H31N5O2S2/c1-17(16-29-26(28-2)33-14-13-31(3)4)21-15-20(18-9-6-5-7-10-18)22-23(27)25(34-24(22)30-21)35(32)19-11-8-12-19/h5-7,9-10,15-16,19H,2,8,11-14,27H2,1,3-4H3/b17-16+,29-26+. The van der Waals surface area contributed by atoms with Crippen molar-refractivity contribution in [2.24, 2.45) is 9.98 Å². The van der Waals surface area contributed by atoms with Crippen molar-refractivity contribution >= 4 is 56.7 Å². The number of hydrogen-bond acceptors (Lipinski definition) is 7. The first kappa shape index (κ1) is 25.4. The molecule has 0 saturated heterocycles. The van der Waals surface area contributed by atoms with Crippen molar-refractivity contribution in [2.75, 3.05) is 33.0 Å². The molecule has 1 saturated carbocycles. The molecule has 9 heteroatoms. The van der Waals surface area contributed by atoms with Crippen LogP contribution in [-0.4, -0.2) is 59.7 Å². The predicted octanol–water partition coefficient (Wildman–Crippen LogP) is 5.20. The van der Waals surface area contributed by atoms with Gasteiger partial charge in [-0.1, -0.05) is 41.7 Å². The number of rotatable bonds is 8. The van der Waals surface area contributed by atoms with Crippen LogP contribution in [0, 0.1) is 0 Å². The number of nitrogens with zero attached hydrogens (tertiary/aromatic N) is 4. The van der Waals surface area contributed by atoms with E-state index in [-0.39, 0.29) is 11.3 Å². The van der Waals surface area contributed by atoms with Gasteiger partial charge in [-0.15, -0.1) is 0 Å². The molecular formula is C26H31N5O2S2. The van der Waals surface area contributed by atoms with Gasteiger partial charge in [0.2, 0.25) is 4.21 Å². The second-order valence-electron chi connectivity index (χ2n) is 8.79. The van der Waals surface area contributed by atoms with Crippen LogP contribution in [0.1, 0.15) is 31.9 Å². The number of nitrogens with two attached hydrogens (primary N) is 1. The summed E-state index contributed by atoms with van der Waals surface area (Å²) in [6.45, 7) is 6.71. The van der Waals surface area contributed by atoms with Gasteiger partial charge < -0.3 is 19.9 Å². The topological polar surface area (TPSA) is 99.2 Å². The lowest BCUT2D eigenvalue weighted by Gasteiger charge is -2.27. The molecule has 0 radical (unpaired) electrons. The number of pyridine rings is 1. The van der Waals surface area contributed by atoms with Crippen molar-refractivity contribution in [3.05, 3.63) is 48.3 Å². The number of hydrogen-bond donors (Lipinski definition) is 1. The normalized spacial score (nSPS) is 15.9. The summed E-state index contributed by atoms with van der Waals surface area (Å²) in [5.74, 6) is 0. The van der Waals surface area contributed by atoms with Crippen LogP contribution in [0.4, 0.5) is 5.69 Å². The summed E-state index contributed by atoms with van der Waals surface area (Å²) in [6.07, 6.45) is 4.79. The molecule has 2 heterocycles. The van der Waals surface area contributed by atoms with Crippen molar-refractivity contribution in [1.29, 1.82) is 0 Å². The van der Waals surface area contributed by atoms with Gasteiger partial charge in [0.05, 0.1) is 5.69 Å². The van der Waals surface area contributed by atoms with Crippen molar-refractivity contribution in [3.63, 3.8) is 0 Å². The van der Waals surface area contributed by atoms with Crippen LogP contribution in [0.25, 0.3) is 26.9 Å². The van der Waals surface area contributed by atoms with Crippen LogP contribution >= 0.6 is 11.3 Å². The fraction of sp³-hybridized carbons (Fsp3) is 0.346. The summed E-state index contributed by atoms with van der Waals surface area (Å²) in [6, 6.07) is 12.3. The quantitative estimate of drug-likeness (QED) is 0.256. The third kappa shape index (κ3) is 5.75. The number of likely N-dealkylation sites (N-methyl/N-ethyl adjacent to an activating group) is 1. The van der Waals surface area contributed by atoms with Crippen molar-refractivity contribution in [1.82, 2.24) is 9.88 Å². The lowest BCUT2D eigenvalue weighted by atomic mass is 10.00. The first-order valence-corrected chi connectivity index (χ1v) is 13.6. The number of fused-ring (bicyclic) bond motifs is 1. The molecule has 2 aromatic heterocycles. The Morgan fingerprint density at radius 1 is 1.34 bits per heavy atom. The van der Waals surface area contributed by atoms with E-state index in [1.807, 2.05) is 62.3 Å². The van der Waals surface area contributed by atoms with E-state index < -0.39 is 11.2 Å². The van der Waals surface area contributed by atoms with Crippen LogP contribution in [0.3, 0.4) is 0 Å². The van der Waals surface area contributed by atoms with Gasteiger partial charge >= 0.3 is 6.02 Å². The molecule has 0 aliphatic heterocycles. The van der Waals surface area contributed by atoms with Gasteiger partial charge in [0.25, 0.3) is 0 Å². The Morgan fingerprint density at radius 3 is 2.71 bits per heavy atom. The molecular weight excluding hydrogens is 478 g/mol. The van der Waals surface area contributed by atoms with E-state index in [9.17, 15) is 4.55 Å². The van der Waals surface area contributed by atoms with E-state index in [4.69, 9.17) is 15.5 Å². The summed E-state index contributed by atoms with van der Waals surface area (Å²) in [4.78, 5) is 15.9. The second kappa shape index (κ2) is 11.3. The molecule has 3 aromatic rings. The first-order chi connectivity index (χ1) is 16.9. The lowest BCUT2D eigenvalue weighted by molar-refractivity contribution is 0.249. The van der Waals surface area contributed by atoms with Crippen LogP contribution in [0.15, 0.2) is 56.8 Å². The number of amidine groups is 1. The fourth-order valence-electron chi connectivity index (χ4n) is 3.70. The highest BCUT2D eigenvalue weighted by molar-refractivity contribution is 7.94. The first-order valence-electron chi connectivity index (χ1n) is 11.6. The molecule has 35 heavy (non-hydrogen) atoms. The Balaban J connectivity index is 1.75. The molecule has 0 amide bonds. The highest BCUT2D eigenvalue weighted by Crippen LogP contribution is 2.45. The maximum Gasteiger partial charge on any atom is 0.315 e. The highest BCUT2D eigenvalue weighted by Gasteiger charge is 2.35. The number of allylic oxidation sites excluding steroid dienone is 1. The number of nitrogen functional groups attached to an aromatic ring is 1. The third-order valence-corrected chi connectivity index (χ3v) is 9.26. The number of ether oxygens (including phenoxy) is 1. The minimum Gasteiger partial charge on any atom is -0.611 e. The Kier molecular flexibility index (Phi) is 8.22. The lowest BCUT2D eigenvalue weighted by Crippen LogP contribution is -2.28. The molecule has 4 rings (SSSR count). The van der Waals surface area contributed by atoms with E-state index in [1.54, 1.807) is 6.20 Å². The molecule has 1 fully saturated rings. The molecule has 1 aromatic carbocycles. The molecule has 0 spiro atoms. The second-order valence-corrected chi connectivity index (χ2v) is 11.7. The SMILES string of the molecule is C=N/C(=N\C=C(/C)c1cc(-c2ccccc2)c2c(N)c([S+]([O-])C3CCC3)sc2n1)OCCN(C)C. The van der Waals surface area contributed by atoms with E-state index in [0.717, 1.165) is 62.6 Å². The monoisotopic (exact) mass is 509 g/mol. The summed E-state index contributed by atoms with van der Waals surface area (Å²) in [5.41, 5.74) is 10.8. The van der Waals surface area contributed by atoms with Gasteiger partial charge in [0.15, 0.2) is 0 Å². The largest absolute Gasteiger partial charge is 0.611 e. The Hall–Kier alpha value is -2.72. The number of aromatic nitrogens is 1. The predicted molar refractivity (Wildman–Crippen MR) is 149 cm³/mol. The molecule has 7 nitrogen and oxygen atoms in total. The average Bonchev–Trinajstić information content (AvgIpc) is 3.16. The molecule has 1 aliphatic rings. The van der Waals surface area contributed by atoms with Crippen LogP contribution in [0.2, 0.25) is 0 Å². The minimum atomic E-state index is -1.11. The molecule has 1 unspecified atom stereocenters. The smallest absolute Gasteiger partial charge is 0.315 e. The van der Waals surface area contributed by atoms with Gasteiger partial charge in [-0.2, -0.15) is 0 Å². The van der Waals surface area contributed by atoms with Crippen molar-refractivity contribution < 1.29 is 9.29 Å². The number of aliphatic imine (C=N–C) groups is 2. The zero-order valence-corrected chi connectivity index (χ0v) is 22.0. The maximum atomic E-state index is 13.2. The van der Waals surface area contributed by atoms with Gasteiger partial charge in [-0.3, -0.25) is 0 Å². The van der Waals surface area contributed by atoms with Crippen LogP contribution in [-0.2, 0) is 15.9 Å². The van der Waals surface area contributed by atoms with E-state index in [2.05, 4.69) is 16.7 Å². The third-order valence-electron chi connectivity index (χ3n) is 5.96. The summed E-state index contributed by atoms with van der Waals surface area (Å²) < 4.78 is 19.5. The molecule has 1 aliphatic carbocycles. The zero-order chi connectivity index (χ0) is 24.9. The van der Waals surface area contributed by atoms with E-state index >= 15 is 0 Å². The van der Waals surface area contributed by atoms with Crippen molar-refractivity contribution in [2.45, 2.75) is 35.6 Å². The van der Waals surface area contributed by atoms with Crippen LogP contribution < -0.4 is 5.73 Å². The number of thiophene rings is 1. The van der Waals surface area contributed by atoms with Gasteiger partial charge in [-0.05, 0) is 69.8 Å². The molecule has 2 N–H and O–H groups in total. The van der Waals surface area contributed by atoms with Gasteiger partial charge in [0.1, 0.15) is 22.4 Å². The van der Waals surface area contributed by atoms with Gasteiger partial charge in [-0.25, -0.2) is 15.0 Å². The molecule has 184 valence electrons. The fourth-order valence-corrected chi connectivity index (χ4v) is 6.91. The Labute approximate surface area is 213 Å². The Morgan fingerprint density at radius 2 is 2.09 bits per heavy atom. The molecule has 0 bridgehead atoms. The van der Waals surface area contributed by atoms with Gasteiger partial charge in [0, 0.05) is 29.3 Å². The molecule has 1 atom stereocenters. The highest BCUT2D eigenvalue weighted by atomic mass is 32.2. The van der Waals surface area contributed by atoms with Crippen LogP contribution in [0.5, 0.6) is 0 Å².